The van der Waals surface area contributed by atoms with Crippen LogP contribution in [0.3, 0.4) is 0 Å². The minimum atomic E-state index is -0.408. The van der Waals surface area contributed by atoms with Crippen LogP contribution in [0.25, 0.3) is 0 Å². The van der Waals surface area contributed by atoms with Crippen molar-refractivity contribution in [1.82, 2.24) is 0 Å². The number of hydrogen-bond acceptors (Lipinski definition) is 2. The number of rotatable bonds is 4. The van der Waals surface area contributed by atoms with Gasteiger partial charge in [-0.1, -0.05) is 12.1 Å². The summed E-state index contributed by atoms with van der Waals surface area (Å²) in [6.07, 6.45) is 3.39. The lowest BCUT2D eigenvalue weighted by Gasteiger charge is -2.08. The van der Waals surface area contributed by atoms with Gasteiger partial charge in [-0.05, 0) is 60.7 Å². The summed E-state index contributed by atoms with van der Waals surface area (Å²) in [5, 5.41) is 5.55. The number of nitrogens with two attached hydrogens (primary N) is 1. The summed E-state index contributed by atoms with van der Waals surface area (Å²) in [7, 11) is 0. The molecule has 1 amide bonds. The Labute approximate surface area is 162 Å². The normalized spacial score (nSPS) is 12.9. The van der Waals surface area contributed by atoms with Crippen LogP contribution in [0.5, 0.6) is 0 Å². The second kappa shape index (κ2) is 8.80. The van der Waals surface area contributed by atoms with Crippen molar-refractivity contribution < 1.29 is 9.18 Å². The summed E-state index contributed by atoms with van der Waals surface area (Å²) in [6.45, 7) is -0.139. The average molecular weight is 454 g/mol. The quantitative estimate of drug-likeness (QED) is 0.377. The highest BCUT2D eigenvalue weighted by atomic mass is 127. The lowest BCUT2D eigenvalue weighted by Crippen LogP contribution is -2.25. The zero-order chi connectivity index (χ0) is 16.9. The molecule has 0 unspecified atom stereocenters. The Morgan fingerprint density at radius 1 is 1.08 bits per heavy atom. The van der Waals surface area contributed by atoms with Gasteiger partial charge < -0.3 is 16.4 Å². The summed E-state index contributed by atoms with van der Waals surface area (Å²) in [5.41, 5.74) is 9.78. The Balaban J connectivity index is 0.00000225. The van der Waals surface area contributed by atoms with Crippen LogP contribution in [0.4, 0.5) is 15.8 Å². The van der Waals surface area contributed by atoms with E-state index in [4.69, 9.17) is 5.73 Å². The van der Waals surface area contributed by atoms with Crippen molar-refractivity contribution in [1.29, 1.82) is 0 Å². The third-order valence-electron chi connectivity index (χ3n) is 3.87. The lowest BCUT2D eigenvalue weighted by atomic mass is 10.1. The van der Waals surface area contributed by atoms with E-state index in [9.17, 15) is 9.18 Å². The molecule has 0 radical (unpaired) electrons. The molecule has 0 saturated carbocycles. The Morgan fingerprint density at radius 2 is 1.84 bits per heavy atom. The number of carbonyl (C=O) groups is 1. The highest BCUT2D eigenvalue weighted by Gasteiger charge is 2.11. The number of amides is 1. The second-order valence-electron chi connectivity index (χ2n) is 5.72. The van der Waals surface area contributed by atoms with E-state index < -0.39 is 5.82 Å². The zero-order valence-electron chi connectivity index (χ0n) is 13.6. The van der Waals surface area contributed by atoms with E-state index in [1.165, 1.54) is 35.7 Å². The van der Waals surface area contributed by atoms with Gasteiger partial charge in [0.05, 0.1) is 0 Å². The molecule has 4 N–H and O–H groups in total. The van der Waals surface area contributed by atoms with Crippen LogP contribution in [-0.2, 0) is 17.6 Å². The molecule has 7 heteroatoms. The fourth-order valence-electron chi connectivity index (χ4n) is 2.76. The highest BCUT2D eigenvalue weighted by Crippen LogP contribution is 2.24. The van der Waals surface area contributed by atoms with Crippen LogP contribution in [0.15, 0.2) is 47.5 Å². The van der Waals surface area contributed by atoms with Gasteiger partial charge in [-0.15, -0.1) is 24.0 Å². The Hall–Kier alpha value is -2.16. The van der Waals surface area contributed by atoms with Crippen LogP contribution in [-0.4, -0.2) is 18.4 Å². The van der Waals surface area contributed by atoms with Gasteiger partial charge in [0.15, 0.2) is 5.96 Å². The summed E-state index contributed by atoms with van der Waals surface area (Å²) < 4.78 is 13.1. The van der Waals surface area contributed by atoms with Crippen LogP contribution in [0, 0.1) is 5.82 Å². The molecule has 0 aromatic heterocycles. The number of aliphatic imine (C=N–C) groups is 1. The number of benzene rings is 2. The first kappa shape index (κ1) is 19.2. The average Bonchev–Trinajstić information content (AvgIpc) is 3.00. The first-order valence-electron chi connectivity index (χ1n) is 7.84. The number of hydrogen-bond donors (Lipinski definition) is 3. The lowest BCUT2D eigenvalue weighted by molar-refractivity contribution is -0.114. The Morgan fingerprint density at radius 3 is 2.64 bits per heavy atom. The number of fused-ring (bicyclic) bond motifs is 1. The topological polar surface area (TPSA) is 79.5 Å². The minimum absolute atomic E-state index is 0. The van der Waals surface area contributed by atoms with Gasteiger partial charge in [-0.3, -0.25) is 4.79 Å². The molecule has 1 aliphatic carbocycles. The van der Waals surface area contributed by atoms with Crippen molar-refractivity contribution in [2.45, 2.75) is 19.3 Å². The monoisotopic (exact) mass is 454 g/mol. The maximum Gasteiger partial charge on any atom is 0.246 e. The predicted octanol–water partition coefficient (Wildman–Crippen LogP) is 3.30. The number of nitrogens with zero attached hydrogens (tertiary/aromatic N) is 1. The Kier molecular flexibility index (Phi) is 6.74. The fourth-order valence-corrected chi connectivity index (χ4v) is 2.76. The molecule has 0 atom stereocenters. The first-order valence-corrected chi connectivity index (χ1v) is 7.84. The summed E-state index contributed by atoms with van der Waals surface area (Å²) in [6, 6.07) is 11.8. The number of nitrogens with one attached hydrogen (secondary N) is 2. The van der Waals surface area contributed by atoms with E-state index in [0.29, 0.717) is 5.69 Å². The smallest absolute Gasteiger partial charge is 0.246 e. The van der Waals surface area contributed by atoms with Crippen LogP contribution < -0.4 is 16.4 Å². The summed E-state index contributed by atoms with van der Waals surface area (Å²) in [4.78, 5) is 15.8. The SMILES string of the molecule is I.NC(=NCC(=O)Nc1cccc(F)c1)Nc1ccc2c(c1)CCC2. The largest absolute Gasteiger partial charge is 0.370 e. The molecule has 1 aliphatic rings. The number of carbonyl (C=O) groups excluding carboxylic acids is 1. The van der Waals surface area contributed by atoms with Crippen molar-refractivity contribution in [3.8, 4) is 0 Å². The molecule has 0 heterocycles. The van der Waals surface area contributed by atoms with Gasteiger partial charge >= 0.3 is 0 Å². The summed E-state index contributed by atoms with van der Waals surface area (Å²) in [5.74, 6) is -0.601. The third kappa shape index (κ3) is 5.42. The van der Waals surface area contributed by atoms with Crippen molar-refractivity contribution in [2.75, 3.05) is 17.2 Å². The van der Waals surface area contributed by atoms with E-state index in [1.54, 1.807) is 6.07 Å². The van der Waals surface area contributed by atoms with Gasteiger partial charge in [-0.25, -0.2) is 9.38 Å². The molecule has 3 rings (SSSR count). The van der Waals surface area contributed by atoms with E-state index in [1.807, 2.05) is 6.07 Å². The zero-order valence-corrected chi connectivity index (χ0v) is 15.9. The Bertz CT molecular complexity index is 794. The van der Waals surface area contributed by atoms with E-state index in [2.05, 4.69) is 27.8 Å². The molecule has 5 nitrogen and oxygen atoms in total. The van der Waals surface area contributed by atoms with Crippen molar-refractivity contribution in [3.63, 3.8) is 0 Å². The van der Waals surface area contributed by atoms with Crippen LogP contribution >= 0.6 is 24.0 Å². The standard InChI is InChI=1S/C18H19FN4O.HI/c19-14-5-2-6-15(10-14)22-17(24)11-21-18(20)23-16-8-7-12-3-1-4-13(12)9-16;/h2,5-10H,1,3-4,11H2,(H,22,24)(H3,20,21,23);1H. The van der Waals surface area contributed by atoms with E-state index in [-0.39, 0.29) is 42.4 Å². The number of aryl methyl sites for hydroxylation is 2. The minimum Gasteiger partial charge on any atom is -0.370 e. The molecular weight excluding hydrogens is 434 g/mol. The van der Waals surface area contributed by atoms with E-state index >= 15 is 0 Å². The molecule has 132 valence electrons. The van der Waals surface area contributed by atoms with Gasteiger partial charge in [0, 0.05) is 11.4 Å². The number of halogens is 2. The van der Waals surface area contributed by atoms with Gasteiger partial charge in [-0.2, -0.15) is 0 Å². The van der Waals surface area contributed by atoms with Crippen LogP contribution in [0.2, 0.25) is 0 Å². The van der Waals surface area contributed by atoms with Crippen LogP contribution in [0.1, 0.15) is 17.5 Å². The molecule has 0 bridgehead atoms. The molecule has 0 spiro atoms. The predicted molar refractivity (Wildman–Crippen MR) is 109 cm³/mol. The molecule has 0 saturated heterocycles. The first-order chi connectivity index (χ1) is 11.6. The van der Waals surface area contributed by atoms with Gasteiger partial charge in [0.2, 0.25) is 5.91 Å². The van der Waals surface area contributed by atoms with Gasteiger partial charge in [0.25, 0.3) is 0 Å². The maximum absolute atomic E-state index is 13.1. The van der Waals surface area contributed by atoms with Crippen molar-refractivity contribution in [2.24, 2.45) is 10.7 Å². The summed E-state index contributed by atoms with van der Waals surface area (Å²) >= 11 is 0. The van der Waals surface area contributed by atoms with Gasteiger partial charge in [0.1, 0.15) is 12.4 Å². The second-order valence-corrected chi connectivity index (χ2v) is 5.72. The third-order valence-corrected chi connectivity index (χ3v) is 3.87. The maximum atomic E-state index is 13.1. The molecule has 0 fully saturated rings. The molecule has 2 aromatic rings. The molecule has 25 heavy (non-hydrogen) atoms. The number of anilines is 2. The van der Waals surface area contributed by atoms with Crippen molar-refractivity contribution >= 4 is 47.2 Å². The fraction of sp³-hybridized carbons (Fsp3) is 0.222. The molecule has 2 aromatic carbocycles. The molecule has 0 aliphatic heterocycles. The molecular formula is C18H20FIN4O. The number of guanidine groups is 1. The van der Waals surface area contributed by atoms with Crippen molar-refractivity contribution in [3.05, 3.63) is 59.4 Å². The highest BCUT2D eigenvalue weighted by molar-refractivity contribution is 14.0. The van der Waals surface area contributed by atoms with E-state index in [0.717, 1.165) is 18.5 Å².